The summed E-state index contributed by atoms with van der Waals surface area (Å²) in [6.07, 6.45) is -2.05. The van der Waals surface area contributed by atoms with Crippen molar-refractivity contribution in [2.45, 2.75) is 6.17 Å². The average Bonchev–Trinajstić information content (AvgIpc) is 2.08. The number of halogens is 3. The number of hydrogen-bond acceptors (Lipinski definition) is 1. The Morgan fingerprint density at radius 2 is 2.23 bits per heavy atom. The smallest absolute Gasteiger partial charge is 0.343 e. The molecule has 0 aliphatic rings. The fraction of sp³-hybridized carbons (Fsp3) is 0.125. The van der Waals surface area contributed by atoms with Gasteiger partial charge in [0.1, 0.15) is 0 Å². The van der Waals surface area contributed by atoms with E-state index in [1.807, 2.05) is 0 Å². The van der Waals surface area contributed by atoms with Crippen LogP contribution in [0.25, 0.3) is 0 Å². The van der Waals surface area contributed by atoms with Gasteiger partial charge in [-0.25, -0.2) is 9.18 Å². The largest absolute Gasteiger partial charge is 0.479 e. The van der Waals surface area contributed by atoms with E-state index < -0.39 is 12.1 Å². The standard InChI is InChI=1S/C8H5BrClFO2/c9-6-2-1-4(10)3-5(6)7(11)8(12)13/h1-3,7H,(H,12,13). The quantitative estimate of drug-likeness (QED) is 0.893. The number of alkyl halides is 1. The van der Waals surface area contributed by atoms with Crippen LogP contribution in [0.15, 0.2) is 22.7 Å². The van der Waals surface area contributed by atoms with Crippen molar-refractivity contribution in [3.8, 4) is 0 Å². The summed E-state index contributed by atoms with van der Waals surface area (Å²) in [5.74, 6) is -1.53. The van der Waals surface area contributed by atoms with Crippen molar-refractivity contribution < 1.29 is 14.3 Å². The number of rotatable bonds is 2. The van der Waals surface area contributed by atoms with Gasteiger partial charge in [0, 0.05) is 15.1 Å². The van der Waals surface area contributed by atoms with E-state index in [9.17, 15) is 9.18 Å². The molecule has 1 rings (SSSR count). The summed E-state index contributed by atoms with van der Waals surface area (Å²) < 4.78 is 13.4. The van der Waals surface area contributed by atoms with Crippen molar-refractivity contribution >= 4 is 33.5 Å². The van der Waals surface area contributed by atoms with Crippen LogP contribution in [0.3, 0.4) is 0 Å². The summed E-state index contributed by atoms with van der Waals surface area (Å²) in [5.41, 5.74) is 0.0278. The molecule has 0 heterocycles. The van der Waals surface area contributed by atoms with E-state index in [2.05, 4.69) is 15.9 Å². The second kappa shape index (κ2) is 4.07. The lowest BCUT2D eigenvalue weighted by atomic mass is 10.1. The molecule has 1 N–H and O–H groups in total. The number of hydrogen-bond donors (Lipinski definition) is 1. The number of benzene rings is 1. The van der Waals surface area contributed by atoms with Gasteiger partial charge in [0.15, 0.2) is 0 Å². The Labute approximate surface area is 87.5 Å². The van der Waals surface area contributed by atoms with E-state index in [0.717, 1.165) is 0 Å². The van der Waals surface area contributed by atoms with Crippen molar-refractivity contribution in [1.29, 1.82) is 0 Å². The maximum atomic E-state index is 13.0. The molecule has 13 heavy (non-hydrogen) atoms. The summed E-state index contributed by atoms with van der Waals surface area (Å²) in [6, 6.07) is 4.33. The predicted molar refractivity (Wildman–Crippen MR) is 50.6 cm³/mol. The molecule has 0 aromatic heterocycles. The summed E-state index contributed by atoms with van der Waals surface area (Å²) >= 11 is 8.62. The minimum absolute atomic E-state index is 0.0278. The lowest BCUT2D eigenvalue weighted by molar-refractivity contribution is -0.143. The fourth-order valence-electron chi connectivity index (χ4n) is 0.842. The molecule has 1 unspecified atom stereocenters. The molecule has 0 aliphatic heterocycles. The van der Waals surface area contributed by atoms with Gasteiger partial charge in [-0.1, -0.05) is 27.5 Å². The highest BCUT2D eigenvalue weighted by atomic mass is 79.9. The number of carboxylic acids is 1. The number of carbonyl (C=O) groups is 1. The Hall–Kier alpha value is -0.610. The number of aliphatic carboxylic acids is 1. The van der Waals surface area contributed by atoms with Crippen LogP contribution in [-0.4, -0.2) is 11.1 Å². The van der Waals surface area contributed by atoms with Crippen LogP contribution < -0.4 is 0 Å². The van der Waals surface area contributed by atoms with E-state index >= 15 is 0 Å². The maximum Gasteiger partial charge on any atom is 0.343 e. The minimum Gasteiger partial charge on any atom is -0.479 e. The van der Waals surface area contributed by atoms with Crippen LogP contribution in [0.2, 0.25) is 5.02 Å². The Balaban J connectivity index is 3.12. The molecule has 70 valence electrons. The first-order valence-electron chi connectivity index (χ1n) is 3.34. The van der Waals surface area contributed by atoms with Gasteiger partial charge >= 0.3 is 5.97 Å². The molecular weight excluding hydrogens is 262 g/mol. The summed E-state index contributed by atoms with van der Waals surface area (Å²) in [7, 11) is 0. The second-order valence-electron chi connectivity index (χ2n) is 2.37. The third kappa shape index (κ3) is 2.42. The van der Waals surface area contributed by atoms with Gasteiger partial charge in [-0.3, -0.25) is 0 Å². The summed E-state index contributed by atoms with van der Waals surface area (Å²) in [6.45, 7) is 0. The number of carboxylic acid groups (broad SMARTS) is 1. The molecule has 0 bridgehead atoms. The van der Waals surface area contributed by atoms with Gasteiger partial charge in [0.25, 0.3) is 0 Å². The van der Waals surface area contributed by atoms with Gasteiger partial charge < -0.3 is 5.11 Å². The first-order chi connectivity index (χ1) is 6.02. The Morgan fingerprint density at radius 3 is 2.77 bits per heavy atom. The van der Waals surface area contributed by atoms with E-state index in [1.165, 1.54) is 12.1 Å². The van der Waals surface area contributed by atoms with Crippen LogP contribution in [0.4, 0.5) is 4.39 Å². The summed E-state index contributed by atoms with van der Waals surface area (Å²) in [4.78, 5) is 10.3. The average molecular weight is 267 g/mol. The molecule has 0 fully saturated rings. The van der Waals surface area contributed by atoms with Gasteiger partial charge in [-0.2, -0.15) is 0 Å². The molecule has 2 nitrogen and oxygen atoms in total. The Morgan fingerprint density at radius 1 is 1.62 bits per heavy atom. The summed E-state index contributed by atoms with van der Waals surface area (Å²) in [5, 5.41) is 8.72. The van der Waals surface area contributed by atoms with Crippen molar-refractivity contribution in [2.75, 3.05) is 0 Å². The third-order valence-electron chi connectivity index (χ3n) is 1.45. The maximum absolute atomic E-state index is 13.0. The van der Waals surface area contributed by atoms with E-state index in [4.69, 9.17) is 16.7 Å². The molecule has 5 heteroatoms. The Kier molecular flexibility index (Phi) is 3.27. The van der Waals surface area contributed by atoms with Crippen molar-refractivity contribution in [3.05, 3.63) is 33.3 Å². The topological polar surface area (TPSA) is 37.3 Å². The molecule has 1 aromatic rings. The minimum atomic E-state index is -2.05. The molecule has 1 atom stereocenters. The van der Waals surface area contributed by atoms with Gasteiger partial charge in [-0.05, 0) is 18.2 Å². The fourth-order valence-corrected chi connectivity index (χ4v) is 1.47. The molecule has 0 radical (unpaired) electrons. The molecule has 0 aliphatic carbocycles. The van der Waals surface area contributed by atoms with Crippen LogP contribution >= 0.6 is 27.5 Å². The van der Waals surface area contributed by atoms with Crippen molar-refractivity contribution in [1.82, 2.24) is 0 Å². The zero-order valence-electron chi connectivity index (χ0n) is 6.30. The van der Waals surface area contributed by atoms with Crippen molar-refractivity contribution in [3.63, 3.8) is 0 Å². The van der Waals surface area contributed by atoms with Gasteiger partial charge in [0.05, 0.1) is 0 Å². The highest BCUT2D eigenvalue weighted by molar-refractivity contribution is 9.10. The van der Waals surface area contributed by atoms with E-state index in [0.29, 0.717) is 9.50 Å². The van der Waals surface area contributed by atoms with Gasteiger partial charge in [0.2, 0.25) is 6.17 Å². The van der Waals surface area contributed by atoms with Crippen LogP contribution in [0, 0.1) is 0 Å². The first kappa shape index (κ1) is 10.5. The van der Waals surface area contributed by atoms with E-state index in [1.54, 1.807) is 6.07 Å². The SMILES string of the molecule is O=C(O)C(F)c1cc(Cl)ccc1Br. The molecule has 0 saturated carbocycles. The predicted octanol–water partition coefficient (Wildman–Crippen LogP) is 3.20. The Bertz CT molecular complexity index is 343. The monoisotopic (exact) mass is 266 g/mol. The van der Waals surface area contributed by atoms with Crippen molar-refractivity contribution in [2.24, 2.45) is 0 Å². The molecule has 1 aromatic carbocycles. The van der Waals surface area contributed by atoms with Crippen LogP contribution in [-0.2, 0) is 4.79 Å². The zero-order valence-corrected chi connectivity index (χ0v) is 8.64. The zero-order chi connectivity index (χ0) is 10.0. The normalized spacial score (nSPS) is 12.5. The van der Waals surface area contributed by atoms with Crippen LogP contribution in [0.1, 0.15) is 11.7 Å². The highest BCUT2D eigenvalue weighted by Gasteiger charge is 2.21. The molecular formula is C8H5BrClFO2. The molecule has 0 spiro atoms. The highest BCUT2D eigenvalue weighted by Crippen LogP contribution is 2.28. The van der Waals surface area contributed by atoms with Crippen LogP contribution in [0.5, 0.6) is 0 Å². The first-order valence-corrected chi connectivity index (χ1v) is 4.51. The molecule has 0 amide bonds. The van der Waals surface area contributed by atoms with Gasteiger partial charge in [-0.15, -0.1) is 0 Å². The second-order valence-corrected chi connectivity index (χ2v) is 3.66. The molecule has 0 saturated heterocycles. The van der Waals surface area contributed by atoms with E-state index in [-0.39, 0.29) is 5.56 Å². The lowest BCUT2D eigenvalue weighted by Gasteiger charge is -2.05. The third-order valence-corrected chi connectivity index (χ3v) is 2.41. The lowest BCUT2D eigenvalue weighted by Crippen LogP contribution is -2.06.